The van der Waals surface area contributed by atoms with E-state index in [0.29, 0.717) is 0 Å². The van der Waals surface area contributed by atoms with Gasteiger partial charge in [0, 0.05) is 71.4 Å². The van der Waals surface area contributed by atoms with Gasteiger partial charge >= 0.3 is 0 Å². The quantitative estimate of drug-likeness (QED) is 0.0810. The van der Waals surface area contributed by atoms with E-state index >= 15 is 0 Å². The molecular weight excluding hydrogens is 644 g/mol. The predicted molar refractivity (Wildman–Crippen MR) is 186 cm³/mol. The fourth-order valence-electron chi connectivity index (χ4n) is 4.30. The molecule has 2 heterocycles. The highest BCUT2D eigenvalue weighted by Crippen LogP contribution is 2.01. The molecule has 2 rings (SSSR count). The minimum absolute atomic E-state index is 0.934. The largest absolute Gasteiger partial charge is 0.205 e. The molecule has 0 saturated carbocycles. The molecule has 0 N–H and O–H groups in total. The lowest BCUT2D eigenvalue weighted by Gasteiger charge is -1.99. The molecule has 0 spiro atoms. The summed E-state index contributed by atoms with van der Waals surface area (Å²) in [5, 5.41) is 2.15. The van der Waals surface area contributed by atoms with Crippen molar-refractivity contribution < 1.29 is 9.13 Å². The number of nitrogens with zero attached hydrogens (tertiary/aromatic N) is 2. The van der Waals surface area contributed by atoms with Crippen molar-refractivity contribution in [2.75, 3.05) is 10.7 Å². The van der Waals surface area contributed by atoms with E-state index in [0.717, 1.165) is 75.1 Å². The predicted octanol–water partition coefficient (Wildman–Crippen LogP) is 8.67. The zero-order valence-corrected chi connectivity index (χ0v) is 29.6. The topological polar surface area (TPSA) is 7.76 Å². The number of halogens is 2. The molecule has 2 aromatic heterocycles. The van der Waals surface area contributed by atoms with Gasteiger partial charge in [0.1, 0.15) is 13.1 Å². The summed E-state index contributed by atoms with van der Waals surface area (Å²) in [4.78, 5) is 0. The molecule has 0 aliphatic heterocycles. The SMILES string of the molecule is BrCCCCC#CC#CCCCCBr.Cc1cc(C)c[n+](CCCCC#CC#CCCCC[n+]2cc(C)cc(C)c2)c1. The highest BCUT2D eigenvalue weighted by Gasteiger charge is 2.03. The van der Waals surface area contributed by atoms with Gasteiger partial charge in [0.25, 0.3) is 0 Å². The molecule has 0 bridgehead atoms. The van der Waals surface area contributed by atoms with E-state index in [-0.39, 0.29) is 0 Å². The van der Waals surface area contributed by atoms with E-state index in [1.165, 1.54) is 47.9 Å². The monoisotopic (exact) mass is 692 g/mol. The molecule has 2 aromatic rings. The molecule has 0 unspecified atom stereocenters. The number of unbranched alkanes of at least 4 members (excludes halogenated alkanes) is 8. The Bertz CT molecular complexity index is 1140. The van der Waals surface area contributed by atoms with Crippen LogP contribution in [-0.4, -0.2) is 10.7 Å². The Hall–Kier alpha value is -2.50. The van der Waals surface area contributed by atoms with Crippen LogP contribution in [0.2, 0.25) is 0 Å². The minimum Gasteiger partial charge on any atom is -0.205 e. The van der Waals surface area contributed by atoms with Crippen LogP contribution in [0.25, 0.3) is 0 Å². The third kappa shape index (κ3) is 22.1. The molecular formula is C38H50Br2N2+2. The van der Waals surface area contributed by atoms with Crippen molar-refractivity contribution in [2.24, 2.45) is 0 Å². The summed E-state index contributed by atoms with van der Waals surface area (Å²) in [6.07, 6.45) is 22.0. The first-order chi connectivity index (χ1) is 20.4. The fourth-order valence-corrected chi connectivity index (χ4v) is 5.10. The first-order valence-corrected chi connectivity index (χ1v) is 17.7. The standard InChI is InChI=1S/C26H34N2.C12H16Br2/c1-23-17-24(2)20-27(19-23)15-13-11-9-7-5-6-8-10-12-14-16-28-21-25(3)18-26(4)22-28;13-11-9-7-5-3-1-2-4-6-8-10-12-14/h17-22H,9-16H2,1-4H3;5-12H2/q+2;. The van der Waals surface area contributed by atoms with E-state index in [1.807, 2.05) is 0 Å². The maximum atomic E-state index is 3.39. The first kappa shape index (κ1) is 37.5. The summed E-state index contributed by atoms with van der Waals surface area (Å²) >= 11 is 6.77. The summed E-state index contributed by atoms with van der Waals surface area (Å²) in [6, 6.07) is 4.42. The third-order valence-corrected chi connectivity index (χ3v) is 7.30. The van der Waals surface area contributed by atoms with Gasteiger partial charge in [-0.1, -0.05) is 55.5 Å². The Morgan fingerprint density at radius 3 is 1.02 bits per heavy atom. The normalized spacial score (nSPS) is 9.48. The highest BCUT2D eigenvalue weighted by atomic mass is 79.9. The van der Waals surface area contributed by atoms with Gasteiger partial charge in [-0.25, -0.2) is 9.13 Å². The number of alkyl halides is 2. The maximum Gasteiger partial charge on any atom is 0.171 e. The van der Waals surface area contributed by atoms with Crippen molar-refractivity contribution in [2.45, 2.75) is 118 Å². The lowest BCUT2D eigenvalue weighted by Crippen LogP contribution is -2.33. The van der Waals surface area contributed by atoms with Crippen LogP contribution in [0.5, 0.6) is 0 Å². The van der Waals surface area contributed by atoms with Gasteiger partial charge in [-0.05, 0) is 102 Å². The van der Waals surface area contributed by atoms with Crippen LogP contribution in [0.3, 0.4) is 0 Å². The van der Waals surface area contributed by atoms with E-state index in [4.69, 9.17) is 0 Å². The average molecular weight is 695 g/mol. The van der Waals surface area contributed by atoms with Crippen LogP contribution in [0.4, 0.5) is 0 Å². The number of aromatic nitrogens is 2. The first-order valence-electron chi connectivity index (χ1n) is 15.4. The maximum absolute atomic E-state index is 3.39. The van der Waals surface area contributed by atoms with E-state index in [1.54, 1.807) is 0 Å². The van der Waals surface area contributed by atoms with Gasteiger partial charge in [0.2, 0.25) is 0 Å². The summed E-state index contributed by atoms with van der Waals surface area (Å²) in [7, 11) is 0. The van der Waals surface area contributed by atoms with Gasteiger partial charge in [-0.15, -0.1) is 0 Å². The highest BCUT2D eigenvalue weighted by molar-refractivity contribution is 9.09. The molecule has 0 amide bonds. The summed E-state index contributed by atoms with van der Waals surface area (Å²) < 4.78 is 4.57. The van der Waals surface area contributed by atoms with Crippen molar-refractivity contribution >= 4 is 31.9 Å². The second kappa shape index (κ2) is 26.2. The molecule has 224 valence electrons. The number of hydrogen-bond acceptors (Lipinski definition) is 0. The van der Waals surface area contributed by atoms with Crippen molar-refractivity contribution in [1.29, 1.82) is 0 Å². The molecule has 0 aliphatic carbocycles. The lowest BCUT2D eigenvalue weighted by molar-refractivity contribution is -0.698. The molecule has 2 nitrogen and oxygen atoms in total. The minimum atomic E-state index is 0.934. The van der Waals surface area contributed by atoms with Crippen LogP contribution in [0.1, 0.15) is 99.3 Å². The van der Waals surface area contributed by atoms with E-state index < -0.39 is 0 Å². The molecule has 0 fully saturated rings. The summed E-state index contributed by atoms with van der Waals surface area (Å²) in [5.74, 6) is 24.3. The average Bonchev–Trinajstić information content (AvgIpc) is 2.94. The molecule has 0 saturated heterocycles. The van der Waals surface area contributed by atoms with Gasteiger partial charge < -0.3 is 0 Å². The van der Waals surface area contributed by atoms with E-state index in [2.05, 4.69) is 153 Å². The van der Waals surface area contributed by atoms with Gasteiger partial charge in [-0.3, -0.25) is 0 Å². The molecule has 4 heteroatoms. The molecule has 42 heavy (non-hydrogen) atoms. The molecule has 0 aliphatic rings. The number of hydrogen-bond donors (Lipinski definition) is 0. The van der Waals surface area contributed by atoms with Crippen molar-refractivity contribution in [3.05, 3.63) is 59.2 Å². The number of pyridine rings is 2. The Labute approximate surface area is 274 Å². The number of aryl methyl sites for hydroxylation is 6. The van der Waals surface area contributed by atoms with E-state index in [9.17, 15) is 0 Å². The Kier molecular flexibility index (Phi) is 23.4. The van der Waals surface area contributed by atoms with Crippen molar-refractivity contribution in [3.8, 4) is 47.4 Å². The zero-order chi connectivity index (χ0) is 30.7. The Morgan fingerprint density at radius 1 is 0.452 bits per heavy atom. The third-order valence-electron chi connectivity index (χ3n) is 6.17. The Balaban J connectivity index is 0.000000532. The molecule has 0 aromatic carbocycles. The van der Waals surface area contributed by atoms with Crippen LogP contribution in [0, 0.1) is 75.1 Å². The van der Waals surface area contributed by atoms with Crippen LogP contribution in [0.15, 0.2) is 36.9 Å². The van der Waals surface area contributed by atoms with Gasteiger partial charge in [0.05, 0.1) is 0 Å². The fraction of sp³-hybridized carbons (Fsp3) is 0.526. The van der Waals surface area contributed by atoms with Crippen molar-refractivity contribution in [1.82, 2.24) is 0 Å². The Morgan fingerprint density at radius 2 is 0.738 bits per heavy atom. The van der Waals surface area contributed by atoms with Crippen LogP contribution < -0.4 is 9.13 Å². The smallest absolute Gasteiger partial charge is 0.171 e. The molecule has 0 atom stereocenters. The second-order valence-electron chi connectivity index (χ2n) is 10.7. The van der Waals surface area contributed by atoms with Gasteiger partial charge in [0.15, 0.2) is 24.8 Å². The summed E-state index contributed by atoms with van der Waals surface area (Å²) in [5.41, 5.74) is 5.29. The zero-order valence-electron chi connectivity index (χ0n) is 26.4. The van der Waals surface area contributed by atoms with Crippen LogP contribution >= 0.6 is 31.9 Å². The van der Waals surface area contributed by atoms with Crippen molar-refractivity contribution in [3.63, 3.8) is 0 Å². The van der Waals surface area contributed by atoms with Gasteiger partial charge in [-0.2, -0.15) is 0 Å². The molecule has 0 radical (unpaired) electrons. The second-order valence-corrected chi connectivity index (χ2v) is 12.3. The lowest BCUT2D eigenvalue weighted by atomic mass is 10.2. The van der Waals surface area contributed by atoms with Crippen LogP contribution in [-0.2, 0) is 13.1 Å². The number of rotatable bonds is 14. The summed E-state index contributed by atoms with van der Waals surface area (Å²) in [6.45, 7) is 10.7.